The molecule has 0 fully saturated rings. The fourth-order valence-corrected chi connectivity index (χ4v) is 15.0. The van der Waals surface area contributed by atoms with E-state index in [-0.39, 0.29) is 56.4 Å². The van der Waals surface area contributed by atoms with Crippen molar-refractivity contribution in [2.24, 2.45) is 0 Å². The number of halogens is 8. The van der Waals surface area contributed by atoms with Gasteiger partial charge in [-0.25, -0.2) is 70.6 Å². The SMILES string of the molecule is CCc1nc2c(nc1NC(=O)Cc1c(F)c(F)c(F)c(F)c1F)CCc1cc(CO)ccc1-2.CCc1nc2c(nc1NC(=O)Cc1ccc(F)c(F)c1)CCc1cc(CO)ccc1-2.CCc1nc2c(nc1NC(=O)Cc1ccc(I)cc1)CCc1cc(CO)ccc1-2.CCc1nc2c(nc1NC(=O)c1ccccc1)CCc1cc(CO)ccc1-2. The summed E-state index contributed by atoms with van der Waals surface area (Å²) in [5.41, 5.74) is 21.7. The van der Waals surface area contributed by atoms with Crippen molar-refractivity contribution >= 4 is 69.5 Å². The minimum atomic E-state index is -2.28. The highest BCUT2D eigenvalue weighted by molar-refractivity contribution is 14.1. The normalized spacial score (nSPS) is 12.3. The first-order chi connectivity index (χ1) is 57.5. The number of amides is 4. The Balaban J connectivity index is 0.000000138. The first-order valence-corrected chi connectivity index (χ1v) is 40.0. The van der Waals surface area contributed by atoms with Gasteiger partial charge in [0.1, 0.15) is 0 Å². The monoisotopic (exact) mass is 1730 g/mol. The number of aliphatic hydroxyl groups is 4. The van der Waals surface area contributed by atoms with E-state index in [1.165, 1.54) is 17.2 Å². The highest BCUT2D eigenvalue weighted by Gasteiger charge is 2.31. The fraction of sp³-hybridized carbons (Fsp3) is 0.253. The summed E-state index contributed by atoms with van der Waals surface area (Å²) in [4.78, 5) is 87.7. The third kappa shape index (κ3) is 19.4. The number of hydrogen-bond acceptors (Lipinski definition) is 16. The molecule has 4 aromatic heterocycles. The van der Waals surface area contributed by atoms with Crippen LogP contribution in [0.3, 0.4) is 0 Å². The van der Waals surface area contributed by atoms with Crippen LogP contribution in [0.15, 0.2) is 146 Å². The van der Waals surface area contributed by atoms with Crippen LogP contribution in [0.5, 0.6) is 0 Å². The van der Waals surface area contributed by atoms with E-state index >= 15 is 0 Å². The lowest BCUT2D eigenvalue weighted by Gasteiger charge is -2.21. The molecule has 20 nitrogen and oxygen atoms in total. The Morgan fingerprint density at radius 1 is 0.336 bits per heavy atom. The molecular weight excluding hydrogens is 1650 g/mol. The Kier molecular flexibility index (Phi) is 27.3. The number of nitrogens with zero attached hydrogens (tertiary/aromatic N) is 8. The van der Waals surface area contributed by atoms with Crippen LogP contribution >= 0.6 is 22.6 Å². The second kappa shape index (κ2) is 38.2. The lowest BCUT2D eigenvalue weighted by atomic mass is 9.90. The molecule has 610 valence electrons. The molecule has 0 radical (unpaired) electrons. The largest absolute Gasteiger partial charge is 0.392 e. The lowest BCUT2D eigenvalue weighted by Crippen LogP contribution is -2.21. The van der Waals surface area contributed by atoms with Gasteiger partial charge in [-0.15, -0.1) is 0 Å². The quantitative estimate of drug-likeness (QED) is 0.0161. The number of aryl methyl sites for hydroxylation is 12. The number of carbonyl (C=O) groups excluding carboxylic acids is 4. The molecule has 0 saturated heterocycles. The number of carbonyl (C=O) groups is 4. The average molecular weight is 1730 g/mol. The molecule has 16 rings (SSSR count). The van der Waals surface area contributed by atoms with Crippen LogP contribution in [0.4, 0.5) is 54.0 Å². The van der Waals surface area contributed by atoms with Crippen molar-refractivity contribution in [3.05, 3.63) is 302 Å². The molecule has 4 aliphatic carbocycles. The molecule has 0 bridgehead atoms. The second-order valence-electron chi connectivity index (χ2n) is 28.7. The maximum absolute atomic E-state index is 13.9. The van der Waals surface area contributed by atoms with Crippen LogP contribution < -0.4 is 21.3 Å². The van der Waals surface area contributed by atoms with Crippen molar-refractivity contribution in [3.63, 3.8) is 0 Å². The third-order valence-corrected chi connectivity index (χ3v) is 21.5. The zero-order chi connectivity index (χ0) is 84.3. The zero-order valence-electron chi connectivity index (χ0n) is 65.3. The van der Waals surface area contributed by atoms with Gasteiger partial charge in [0.25, 0.3) is 5.91 Å². The number of rotatable bonds is 19. The van der Waals surface area contributed by atoms with E-state index < -0.39 is 58.6 Å². The fourth-order valence-electron chi connectivity index (χ4n) is 14.6. The van der Waals surface area contributed by atoms with E-state index in [1.807, 2.05) is 130 Å². The zero-order valence-corrected chi connectivity index (χ0v) is 67.5. The molecule has 8 aromatic carbocycles. The summed E-state index contributed by atoms with van der Waals surface area (Å²) in [6.45, 7) is 7.72. The van der Waals surface area contributed by atoms with Gasteiger partial charge < -0.3 is 41.7 Å². The number of aromatic nitrogens is 8. The Morgan fingerprint density at radius 2 is 0.647 bits per heavy atom. The minimum absolute atomic E-state index is 0.00501. The first-order valence-electron chi connectivity index (χ1n) is 38.9. The number of aliphatic hydroxyl groups excluding tert-OH is 4. The molecule has 0 saturated carbocycles. The van der Waals surface area contributed by atoms with Crippen molar-refractivity contribution in [3.8, 4) is 45.0 Å². The predicted octanol–water partition coefficient (Wildman–Crippen LogP) is 15.6. The van der Waals surface area contributed by atoms with Gasteiger partial charge in [0, 0.05) is 37.0 Å². The van der Waals surface area contributed by atoms with E-state index in [2.05, 4.69) is 58.8 Å². The van der Waals surface area contributed by atoms with E-state index in [4.69, 9.17) is 24.9 Å². The van der Waals surface area contributed by atoms with Crippen LogP contribution in [0, 0.1) is 44.3 Å². The summed E-state index contributed by atoms with van der Waals surface area (Å²) in [6.07, 6.45) is 7.29. The molecule has 0 unspecified atom stereocenters. The van der Waals surface area contributed by atoms with Crippen LogP contribution in [-0.4, -0.2) is 83.9 Å². The number of benzene rings is 8. The lowest BCUT2D eigenvalue weighted by molar-refractivity contribution is -0.116. The van der Waals surface area contributed by atoms with E-state index in [0.29, 0.717) is 103 Å². The van der Waals surface area contributed by atoms with Crippen molar-refractivity contribution in [2.45, 2.75) is 150 Å². The summed E-state index contributed by atoms with van der Waals surface area (Å²) in [7, 11) is 0. The Morgan fingerprint density at radius 3 is 0.983 bits per heavy atom. The molecule has 12 aromatic rings. The second-order valence-corrected chi connectivity index (χ2v) is 29.9. The van der Waals surface area contributed by atoms with Crippen LogP contribution in [0.25, 0.3) is 45.0 Å². The van der Waals surface area contributed by atoms with E-state index in [0.717, 1.165) is 155 Å². The number of nitrogens with one attached hydrogen (secondary N) is 4. The van der Waals surface area contributed by atoms with Gasteiger partial charge in [-0.2, -0.15) is 0 Å². The molecular formula is C91H82F7IN12O8. The summed E-state index contributed by atoms with van der Waals surface area (Å²) in [5, 5.41) is 48.5. The molecule has 0 aliphatic heterocycles. The molecule has 4 aliphatic rings. The molecule has 0 atom stereocenters. The summed E-state index contributed by atoms with van der Waals surface area (Å²) in [5.74, 6) is -12.6. The van der Waals surface area contributed by atoms with Gasteiger partial charge in [-0.05, 0) is 192 Å². The maximum Gasteiger partial charge on any atom is 0.256 e. The van der Waals surface area contributed by atoms with Gasteiger partial charge >= 0.3 is 0 Å². The summed E-state index contributed by atoms with van der Waals surface area (Å²) < 4.78 is 95.5. The van der Waals surface area contributed by atoms with Crippen molar-refractivity contribution in [1.29, 1.82) is 0 Å². The first kappa shape index (κ1) is 84.9. The maximum atomic E-state index is 13.9. The standard InChI is InChI=1S/C23H18F5N3O2.C23H21F2N3O2.C23H22IN3O2.C22H21N3O2/c1-2-14-23(31-16(33)8-13-17(24)19(26)21(28)20(27)18(13)25)30-15-6-4-11-7-10(9-32)3-5-12(11)22(15)29-14;1-2-19-23(28-21(30)11-13-4-7-17(24)18(25)10-13)27-20-8-5-15-9-14(12-29)3-6-16(15)22(20)26-19;1-2-19-23(27-21(29)12-14-3-7-17(24)8-4-14)26-20-10-6-16-11-15(13-28)5-9-18(16)22(20)25-19;1-2-18-21(25-22(27)15-6-4-3-5-7-15)24-19-11-9-16-12-14(13-26)8-10-17(16)20(19)23-18/h3,5,7,32H,2,4,6,8-9H2,1H3,(H,30,31,33);3-4,6-7,9-10,29H,2,5,8,11-12H2,1H3,(H,27,28,30);3-5,7-9,11,28H,2,6,10,12-13H2,1H3,(H,26,27,29);3-8,10,12,26H,2,9,11,13H2,1H3,(H,24,25,27). The Labute approximate surface area is 694 Å². The smallest absolute Gasteiger partial charge is 0.256 e. The Hall–Kier alpha value is -12.0. The van der Waals surface area contributed by atoms with Gasteiger partial charge in [0.2, 0.25) is 23.5 Å². The topological polar surface area (TPSA) is 300 Å². The molecule has 4 heterocycles. The van der Waals surface area contributed by atoms with Gasteiger partial charge in [-0.1, -0.05) is 137 Å². The van der Waals surface area contributed by atoms with Crippen LogP contribution in [0.2, 0.25) is 0 Å². The number of hydrogen-bond donors (Lipinski definition) is 8. The molecule has 119 heavy (non-hydrogen) atoms. The van der Waals surface area contributed by atoms with Crippen LogP contribution in [0.1, 0.15) is 145 Å². The van der Waals surface area contributed by atoms with Crippen molar-refractivity contribution < 1.29 is 70.3 Å². The highest BCUT2D eigenvalue weighted by atomic mass is 127. The highest BCUT2D eigenvalue weighted by Crippen LogP contribution is 2.39. The average Bonchev–Trinajstić information content (AvgIpc) is 0.784. The molecule has 0 spiro atoms. The minimum Gasteiger partial charge on any atom is -0.392 e. The van der Waals surface area contributed by atoms with E-state index in [1.54, 1.807) is 25.1 Å². The number of anilines is 4. The predicted molar refractivity (Wildman–Crippen MR) is 444 cm³/mol. The van der Waals surface area contributed by atoms with Gasteiger partial charge in [0.15, 0.2) is 58.2 Å². The molecule has 8 N–H and O–H groups in total. The van der Waals surface area contributed by atoms with Gasteiger partial charge in [-0.3, -0.25) is 19.2 Å². The van der Waals surface area contributed by atoms with E-state index in [9.17, 15) is 70.3 Å². The summed E-state index contributed by atoms with van der Waals surface area (Å²) >= 11 is 2.25. The summed E-state index contributed by atoms with van der Waals surface area (Å²) in [6, 6.07) is 43.8. The van der Waals surface area contributed by atoms with Gasteiger partial charge in [0.05, 0.1) is 114 Å². The number of fused-ring (bicyclic) bond motifs is 12. The Bertz CT molecular complexity index is 5880. The third-order valence-electron chi connectivity index (χ3n) is 20.8. The molecule has 4 amide bonds. The van der Waals surface area contributed by atoms with Crippen molar-refractivity contribution in [1.82, 2.24) is 39.9 Å². The van der Waals surface area contributed by atoms with Crippen molar-refractivity contribution in [2.75, 3.05) is 21.3 Å². The molecule has 28 heteroatoms. The van der Waals surface area contributed by atoms with Crippen LogP contribution in [-0.2, 0) is 137 Å².